The number of amides is 3. The number of imide groups is 1. The Hall–Kier alpha value is -3.66. The van der Waals surface area contributed by atoms with Gasteiger partial charge >= 0.3 is 12.0 Å². The number of carboxylic acids is 1. The number of aromatic carboxylic acids is 1. The summed E-state index contributed by atoms with van der Waals surface area (Å²) < 4.78 is 1.28. The van der Waals surface area contributed by atoms with E-state index >= 15 is 0 Å². The molecule has 3 N–H and O–H groups in total. The lowest BCUT2D eigenvalue weighted by atomic mass is 10.1. The van der Waals surface area contributed by atoms with E-state index in [1.165, 1.54) is 29.8 Å². The molecule has 2 aromatic carbocycles. The zero-order valence-electron chi connectivity index (χ0n) is 16.8. The van der Waals surface area contributed by atoms with Crippen LogP contribution in [0.1, 0.15) is 22.8 Å². The fraction of sp³-hybridized carbons (Fsp3) is 0.190. The third kappa shape index (κ3) is 5.28. The molecule has 0 unspecified atom stereocenters. The molecule has 0 saturated heterocycles. The average molecular weight is 440 g/mol. The van der Waals surface area contributed by atoms with Gasteiger partial charge in [-0.3, -0.25) is 19.5 Å². The van der Waals surface area contributed by atoms with Crippen molar-refractivity contribution in [2.75, 3.05) is 0 Å². The quantitative estimate of drug-likeness (QED) is 0.395. The van der Waals surface area contributed by atoms with Crippen molar-refractivity contribution in [3.8, 4) is 0 Å². The number of urea groups is 1. The van der Waals surface area contributed by atoms with E-state index < -0.39 is 23.2 Å². The largest absolute Gasteiger partial charge is 0.478 e. The van der Waals surface area contributed by atoms with E-state index in [2.05, 4.69) is 15.6 Å². The summed E-state index contributed by atoms with van der Waals surface area (Å²) in [7, 11) is 1.51. The number of hydrogen-bond acceptors (Lipinski definition) is 6. The molecule has 31 heavy (non-hydrogen) atoms. The molecule has 1 aromatic heterocycles. The third-order valence-corrected chi connectivity index (χ3v) is 5.61. The lowest BCUT2D eigenvalue weighted by Crippen LogP contribution is -2.42. The van der Waals surface area contributed by atoms with Crippen LogP contribution in [-0.4, -0.2) is 37.8 Å². The van der Waals surface area contributed by atoms with Gasteiger partial charge in [-0.15, -0.1) is 0 Å². The molecule has 3 rings (SSSR count). The fourth-order valence-electron chi connectivity index (χ4n) is 2.74. The van der Waals surface area contributed by atoms with Crippen molar-refractivity contribution in [2.45, 2.75) is 23.9 Å². The summed E-state index contributed by atoms with van der Waals surface area (Å²) in [5.41, 5.74) is 0.755. The molecular formula is C21H20N4O5S. The highest BCUT2D eigenvalue weighted by Crippen LogP contribution is 2.22. The van der Waals surface area contributed by atoms with Gasteiger partial charge in [0, 0.05) is 13.6 Å². The molecule has 160 valence electrons. The second-order valence-corrected chi connectivity index (χ2v) is 8.02. The lowest BCUT2D eigenvalue weighted by molar-refractivity contribution is -0.119. The zero-order valence-corrected chi connectivity index (χ0v) is 17.6. The topological polar surface area (TPSA) is 130 Å². The third-order valence-electron chi connectivity index (χ3n) is 4.47. The number of hydrogen-bond donors (Lipinski definition) is 3. The minimum atomic E-state index is -1.13. The van der Waals surface area contributed by atoms with Gasteiger partial charge in [-0.2, -0.15) is 0 Å². The summed E-state index contributed by atoms with van der Waals surface area (Å²) in [4.78, 5) is 52.5. The Morgan fingerprint density at radius 1 is 1.16 bits per heavy atom. The molecule has 1 atom stereocenters. The maximum atomic E-state index is 12.6. The molecule has 0 aliphatic carbocycles. The van der Waals surface area contributed by atoms with Crippen molar-refractivity contribution in [1.82, 2.24) is 20.2 Å². The summed E-state index contributed by atoms with van der Waals surface area (Å²) in [6, 6.07) is 12.7. The standard InChI is InChI=1S/C21H20N4O5S/c1-12(17(26)24-20(30)22-11-13-6-4-3-5-7-13)31-21-23-16-10-14(19(28)29)8-9-15(16)18(27)25(21)2/h3-10,12H,11H2,1-2H3,(H,28,29)(H2,22,24,26,30)/t12-/m1/s1. The highest BCUT2D eigenvalue weighted by Gasteiger charge is 2.20. The van der Waals surface area contributed by atoms with Gasteiger partial charge in [-0.05, 0) is 30.7 Å². The Bertz CT molecular complexity index is 1210. The first-order valence-electron chi connectivity index (χ1n) is 9.29. The smallest absolute Gasteiger partial charge is 0.335 e. The van der Waals surface area contributed by atoms with Crippen LogP contribution in [0.2, 0.25) is 0 Å². The van der Waals surface area contributed by atoms with Crippen LogP contribution in [0.5, 0.6) is 0 Å². The minimum absolute atomic E-state index is 0.00471. The molecule has 0 spiro atoms. The Labute approximate surface area is 181 Å². The number of thioether (sulfide) groups is 1. The summed E-state index contributed by atoms with van der Waals surface area (Å²) >= 11 is 0.990. The predicted octanol–water partition coefficient (Wildman–Crippen LogP) is 2.14. The normalized spacial score (nSPS) is 11.7. The number of carbonyl (C=O) groups is 3. The summed E-state index contributed by atoms with van der Waals surface area (Å²) in [6.07, 6.45) is 0. The number of carboxylic acid groups (broad SMARTS) is 1. The van der Waals surface area contributed by atoms with Gasteiger partial charge in [0.25, 0.3) is 5.56 Å². The van der Waals surface area contributed by atoms with Crippen molar-refractivity contribution >= 4 is 40.6 Å². The Balaban J connectivity index is 1.69. The molecule has 0 bridgehead atoms. The first kappa shape index (κ1) is 22.0. The van der Waals surface area contributed by atoms with Crippen LogP contribution in [0.4, 0.5) is 4.79 Å². The van der Waals surface area contributed by atoms with Crippen molar-refractivity contribution in [1.29, 1.82) is 0 Å². The van der Waals surface area contributed by atoms with Crippen LogP contribution in [0.3, 0.4) is 0 Å². The van der Waals surface area contributed by atoms with Gasteiger partial charge < -0.3 is 10.4 Å². The SMILES string of the molecule is C[C@@H](Sc1nc2cc(C(=O)O)ccc2c(=O)n1C)C(=O)NC(=O)NCc1ccccc1. The maximum Gasteiger partial charge on any atom is 0.335 e. The molecule has 0 radical (unpaired) electrons. The van der Waals surface area contributed by atoms with Crippen LogP contribution >= 0.6 is 11.8 Å². The molecule has 0 fully saturated rings. The first-order chi connectivity index (χ1) is 14.8. The van der Waals surface area contributed by atoms with Gasteiger partial charge in [0.05, 0.1) is 21.7 Å². The van der Waals surface area contributed by atoms with Crippen molar-refractivity contribution in [2.24, 2.45) is 7.05 Å². The molecule has 0 saturated carbocycles. The Kier molecular flexibility index (Phi) is 6.71. The lowest BCUT2D eigenvalue weighted by Gasteiger charge is -2.14. The Morgan fingerprint density at radius 3 is 2.55 bits per heavy atom. The number of nitrogens with one attached hydrogen (secondary N) is 2. The van der Waals surface area contributed by atoms with Gasteiger partial charge in [0.2, 0.25) is 5.91 Å². The number of rotatable bonds is 6. The number of nitrogens with zero attached hydrogens (tertiary/aromatic N) is 2. The van der Waals surface area contributed by atoms with Crippen LogP contribution in [0.25, 0.3) is 10.9 Å². The van der Waals surface area contributed by atoms with Gasteiger partial charge in [-0.25, -0.2) is 14.6 Å². The van der Waals surface area contributed by atoms with E-state index in [0.717, 1.165) is 17.3 Å². The second kappa shape index (κ2) is 9.43. The van der Waals surface area contributed by atoms with Crippen LogP contribution in [-0.2, 0) is 18.4 Å². The van der Waals surface area contributed by atoms with Crippen molar-refractivity contribution in [3.63, 3.8) is 0 Å². The molecule has 0 aliphatic heterocycles. The van der Waals surface area contributed by atoms with Gasteiger partial charge in [0.15, 0.2) is 5.16 Å². The van der Waals surface area contributed by atoms with Crippen LogP contribution in [0.15, 0.2) is 58.5 Å². The molecule has 9 nitrogen and oxygen atoms in total. The zero-order chi connectivity index (χ0) is 22.5. The van der Waals surface area contributed by atoms with Gasteiger partial charge in [0.1, 0.15) is 0 Å². The minimum Gasteiger partial charge on any atom is -0.478 e. The number of aromatic nitrogens is 2. The monoisotopic (exact) mass is 440 g/mol. The van der Waals surface area contributed by atoms with Crippen LogP contribution in [0, 0.1) is 0 Å². The molecule has 3 aromatic rings. The number of fused-ring (bicyclic) bond motifs is 1. The maximum absolute atomic E-state index is 12.6. The summed E-state index contributed by atoms with van der Waals surface area (Å²) in [5, 5.41) is 13.8. The fourth-order valence-corrected chi connectivity index (χ4v) is 3.61. The predicted molar refractivity (Wildman–Crippen MR) is 116 cm³/mol. The van der Waals surface area contributed by atoms with E-state index in [4.69, 9.17) is 5.11 Å². The number of benzene rings is 2. The van der Waals surface area contributed by atoms with E-state index in [9.17, 15) is 19.2 Å². The first-order valence-corrected chi connectivity index (χ1v) is 10.2. The summed E-state index contributed by atoms with van der Waals surface area (Å²) in [5.74, 6) is -1.68. The molecular weight excluding hydrogens is 420 g/mol. The highest BCUT2D eigenvalue weighted by molar-refractivity contribution is 8.00. The van der Waals surface area contributed by atoms with E-state index in [-0.39, 0.29) is 33.7 Å². The highest BCUT2D eigenvalue weighted by atomic mass is 32.2. The van der Waals surface area contributed by atoms with Crippen molar-refractivity contribution < 1.29 is 19.5 Å². The van der Waals surface area contributed by atoms with E-state index in [1.807, 2.05) is 30.3 Å². The van der Waals surface area contributed by atoms with E-state index in [0.29, 0.717) is 0 Å². The molecule has 0 aliphatic rings. The average Bonchev–Trinajstić information content (AvgIpc) is 2.76. The van der Waals surface area contributed by atoms with Crippen LogP contribution < -0.4 is 16.2 Å². The second-order valence-electron chi connectivity index (χ2n) is 6.71. The summed E-state index contributed by atoms with van der Waals surface area (Å²) in [6.45, 7) is 1.85. The molecule has 10 heteroatoms. The Morgan fingerprint density at radius 2 is 1.87 bits per heavy atom. The van der Waals surface area contributed by atoms with Crippen molar-refractivity contribution in [3.05, 3.63) is 70.0 Å². The van der Waals surface area contributed by atoms with E-state index in [1.54, 1.807) is 6.92 Å². The van der Waals surface area contributed by atoms with Gasteiger partial charge in [-0.1, -0.05) is 42.1 Å². The molecule has 3 amide bonds. The molecule has 1 heterocycles. The number of carbonyl (C=O) groups excluding carboxylic acids is 2.